The number of hydrogen-bond acceptors (Lipinski definition) is 5. The number of sulfonamides is 1. The second kappa shape index (κ2) is 5.46. The first-order valence-electron chi connectivity index (χ1n) is 7.21. The van der Waals surface area contributed by atoms with Crippen molar-refractivity contribution in [2.75, 3.05) is 12.3 Å². The molecule has 2 heterocycles. The van der Waals surface area contributed by atoms with E-state index >= 15 is 0 Å². The number of hydrogen-bond donors (Lipinski definition) is 1. The molecule has 0 spiro atoms. The van der Waals surface area contributed by atoms with Gasteiger partial charge < -0.3 is 4.52 Å². The molecule has 0 radical (unpaired) electrons. The first kappa shape index (κ1) is 14.0. The van der Waals surface area contributed by atoms with Crippen LogP contribution in [0.4, 0.5) is 0 Å². The molecule has 20 heavy (non-hydrogen) atoms. The van der Waals surface area contributed by atoms with Gasteiger partial charge in [-0.2, -0.15) is 0 Å². The molecule has 1 aromatic rings. The SMILES string of the molecule is NS(=O)(=O)CC1CCCCN1Cc1cc(C2CC2)no1. The lowest BCUT2D eigenvalue weighted by Crippen LogP contribution is -2.44. The molecule has 1 unspecified atom stereocenters. The average Bonchev–Trinajstić information content (AvgIpc) is 3.11. The van der Waals surface area contributed by atoms with E-state index in [9.17, 15) is 8.42 Å². The Labute approximate surface area is 119 Å². The molecule has 1 saturated heterocycles. The highest BCUT2D eigenvalue weighted by Gasteiger charge is 2.29. The van der Waals surface area contributed by atoms with Gasteiger partial charge in [-0.1, -0.05) is 11.6 Å². The van der Waals surface area contributed by atoms with Crippen LogP contribution in [0.5, 0.6) is 0 Å². The van der Waals surface area contributed by atoms with Crippen LogP contribution in [0.2, 0.25) is 0 Å². The standard InChI is InChI=1S/C13H21N3O3S/c14-20(17,18)9-11-3-1-2-6-16(11)8-12-7-13(15-19-12)10-4-5-10/h7,10-11H,1-6,8-9H2,(H2,14,17,18). The molecule has 1 atom stereocenters. The maximum absolute atomic E-state index is 11.3. The highest BCUT2D eigenvalue weighted by molar-refractivity contribution is 7.89. The molecule has 7 heteroatoms. The molecule has 2 N–H and O–H groups in total. The Bertz CT molecular complexity index is 565. The Kier molecular flexibility index (Phi) is 3.83. The fraction of sp³-hybridized carbons (Fsp3) is 0.769. The second-order valence-electron chi connectivity index (χ2n) is 5.94. The Morgan fingerprint density at radius 1 is 1.35 bits per heavy atom. The van der Waals surface area contributed by atoms with Crippen molar-refractivity contribution in [2.24, 2.45) is 5.14 Å². The summed E-state index contributed by atoms with van der Waals surface area (Å²) in [5.74, 6) is 1.43. The van der Waals surface area contributed by atoms with E-state index in [0.29, 0.717) is 12.5 Å². The molecule has 1 aliphatic carbocycles. The van der Waals surface area contributed by atoms with Gasteiger partial charge in [0.2, 0.25) is 10.0 Å². The van der Waals surface area contributed by atoms with E-state index in [0.717, 1.165) is 37.3 Å². The van der Waals surface area contributed by atoms with Gasteiger partial charge in [-0.3, -0.25) is 4.90 Å². The Morgan fingerprint density at radius 3 is 2.85 bits per heavy atom. The topological polar surface area (TPSA) is 89.4 Å². The quantitative estimate of drug-likeness (QED) is 0.882. The van der Waals surface area contributed by atoms with Crippen LogP contribution in [0.3, 0.4) is 0 Å². The number of nitrogens with zero attached hydrogens (tertiary/aromatic N) is 2. The normalized spacial score (nSPS) is 24.9. The van der Waals surface area contributed by atoms with E-state index in [1.807, 2.05) is 6.07 Å². The Balaban J connectivity index is 1.66. The van der Waals surface area contributed by atoms with Gasteiger partial charge in [0, 0.05) is 18.0 Å². The van der Waals surface area contributed by atoms with E-state index in [1.165, 1.54) is 12.8 Å². The lowest BCUT2D eigenvalue weighted by molar-refractivity contribution is 0.139. The first-order valence-corrected chi connectivity index (χ1v) is 8.93. The summed E-state index contributed by atoms with van der Waals surface area (Å²) in [6.45, 7) is 1.51. The highest BCUT2D eigenvalue weighted by Crippen LogP contribution is 2.39. The van der Waals surface area contributed by atoms with E-state index in [-0.39, 0.29) is 11.8 Å². The van der Waals surface area contributed by atoms with Crippen LogP contribution in [0.15, 0.2) is 10.6 Å². The highest BCUT2D eigenvalue weighted by atomic mass is 32.2. The molecule has 1 saturated carbocycles. The predicted molar refractivity (Wildman–Crippen MR) is 74.5 cm³/mol. The van der Waals surface area contributed by atoms with Crippen molar-refractivity contribution in [2.45, 2.75) is 50.6 Å². The predicted octanol–water partition coefficient (Wildman–Crippen LogP) is 1.19. The van der Waals surface area contributed by atoms with Gasteiger partial charge in [-0.05, 0) is 32.2 Å². The maximum atomic E-state index is 11.3. The zero-order chi connectivity index (χ0) is 14.2. The van der Waals surface area contributed by atoms with Crippen LogP contribution < -0.4 is 5.14 Å². The number of piperidine rings is 1. The monoisotopic (exact) mass is 299 g/mol. The molecule has 0 amide bonds. The molecule has 6 nitrogen and oxygen atoms in total. The van der Waals surface area contributed by atoms with Crippen molar-refractivity contribution in [3.05, 3.63) is 17.5 Å². The largest absolute Gasteiger partial charge is 0.360 e. The third-order valence-electron chi connectivity index (χ3n) is 4.11. The number of nitrogens with two attached hydrogens (primary N) is 1. The molecule has 1 aliphatic heterocycles. The molecule has 112 valence electrons. The summed E-state index contributed by atoms with van der Waals surface area (Å²) < 4.78 is 28.0. The van der Waals surface area contributed by atoms with Crippen molar-refractivity contribution in [1.29, 1.82) is 0 Å². The molecule has 2 fully saturated rings. The minimum Gasteiger partial charge on any atom is -0.360 e. The maximum Gasteiger partial charge on any atom is 0.210 e. The van der Waals surface area contributed by atoms with Gasteiger partial charge in [0.1, 0.15) is 0 Å². The fourth-order valence-electron chi connectivity index (χ4n) is 2.90. The van der Waals surface area contributed by atoms with Gasteiger partial charge in [-0.15, -0.1) is 0 Å². The molecule has 2 aliphatic rings. The van der Waals surface area contributed by atoms with E-state index in [2.05, 4.69) is 10.1 Å². The van der Waals surface area contributed by atoms with Crippen LogP contribution >= 0.6 is 0 Å². The van der Waals surface area contributed by atoms with E-state index in [4.69, 9.17) is 9.66 Å². The van der Waals surface area contributed by atoms with Crippen LogP contribution in [0.1, 0.15) is 49.5 Å². The minimum atomic E-state index is -3.44. The van der Waals surface area contributed by atoms with E-state index < -0.39 is 10.0 Å². The van der Waals surface area contributed by atoms with Gasteiger partial charge in [-0.25, -0.2) is 13.6 Å². The zero-order valence-electron chi connectivity index (χ0n) is 11.5. The number of rotatable bonds is 5. The van der Waals surface area contributed by atoms with Gasteiger partial charge in [0.25, 0.3) is 0 Å². The summed E-state index contributed by atoms with van der Waals surface area (Å²) in [5, 5.41) is 9.28. The minimum absolute atomic E-state index is 0.00627. The summed E-state index contributed by atoms with van der Waals surface area (Å²) in [7, 11) is -3.44. The number of likely N-dealkylation sites (tertiary alicyclic amines) is 1. The fourth-order valence-corrected chi connectivity index (χ4v) is 3.81. The van der Waals surface area contributed by atoms with Crippen molar-refractivity contribution < 1.29 is 12.9 Å². The average molecular weight is 299 g/mol. The first-order chi connectivity index (χ1) is 9.51. The smallest absolute Gasteiger partial charge is 0.210 e. The second-order valence-corrected chi connectivity index (χ2v) is 7.60. The summed E-state index contributed by atoms with van der Waals surface area (Å²) in [6.07, 6.45) is 5.42. The van der Waals surface area contributed by atoms with Gasteiger partial charge >= 0.3 is 0 Å². The van der Waals surface area contributed by atoms with Crippen molar-refractivity contribution >= 4 is 10.0 Å². The Hall–Kier alpha value is -0.920. The molecule has 3 rings (SSSR count). The number of primary sulfonamides is 1. The van der Waals surface area contributed by atoms with E-state index in [1.54, 1.807) is 0 Å². The summed E-state index contributed by atoms with van der Waals surface area (Å²) >= 11 is 0. The summed E-state index contributed by atoms with van der Waals surface area (Å²) in [4.78, 5) is 2.16. The lowest BCUT2D eigenvalue weighted by atomic mass is 10.0. The molecule has 0 aromatic carbocycles. The van der Waals surface area contributed by atoms with Crippen LogP contribution in [-0.2, 0) is 16.6 Å². The zero-order valence-corrected chi connectivity index (χ0v) is 12.3. The Morgan fingerprint density at radius 2 is 2.15 bits per heavy atom. The molecular weight excluding hydrogens is 278 g/mol. The van der Waals surface area contributed by atoms with Crippen LogP contribution in [0.25, 0.3) is 0 Å². The third-order valence-corrected chi connectivity index (χ3v) is 4.95. The van der Waals surface area contributed by atoms with Crippen LogP contribution in [-0.4, -0.2) is 36.8 Å². The lowest BCUT2D eigenvalue weighted by Gasteiger charge is -2.34. The summed E-state index contributed by atoms with van der Waals surface area (Å²) in [5.41, 5.74) is 1.04. The van der Waals surface area contributed by atoms with Crippen molar-refractivity contribution in [3.8, 4) is 0 Å². The number of aromatic nitrogens is 1. The summed E-state index contributed by atoms with van der Waals surface area (Å²) in [6, 6.07) is 2.01. The molecular formula is C13H21N3O3S. The molecule has 1 aromatic heterocycles. The van der Waals surface area contributed by atoms with Gasteiger partial charge in [0.15, 0.2) is 5.76 Å². The van der Waals surface area contributed by atoms with Crippen molar-refractivity contribution in [1.82, 2.24) is 10.1 Å². The van der Waals surface area contributed by atoms with Crippen molar-refractivity contribution in [3.63, 3.8) is 0 Å². The van der Waals surface area contributed by atoms with Crippen LogP contribution in [0, 0.1) is 0 Å². The molecule has 0 bridgehead atoms. The third kappa shape index (κ3) is 3.59. The van der Waals surface area contributed by atoms with Gasteiger partial charge in [0.05, 0.1) is 18.0 Å².